The number of carbonyl (C=O) groups excluding carboxylic acids is 1. The third kappa shape index (κ3) is 3.38. The maximum absolute atomic E-state index is 12.2. The lowest BCUT2D eigenvalue weighted by Crippen LogP contribution is -2.11. The van der Waals surface area contributed by atoms with Crippen LogP contribution in [0.2, 0.25) is 0 Å². The van der Waals surface area contributed by atoms with Crippen LogP contribution in [0.25, 0.3) is 0 Å². The molecule has 20 heavy (non-hydrogen) atoms. The summed E-state index contributed by atoms with van der Waals surface area (Å²) in [7, 11) is 0. The van der Waals surface area contributed by atoms with E-state index in [1.54, 1.807) is 0 Å². The van der Waals surface area contributed by atoms with Crippen LogP contribution in [-0.4, -0.2) is 24.1 Å². The van der Waals surface area contributed by atoms with Gasteiger partial charge in [-0.15, -0.1) is 0 Å². The molecule has 0 atom stereocenters. The number of ether oxygens (including phenoxy) is 2. The number of alkyl halides is 2. The van der Waals surface area contributed by atoms with Crippen molar-refractivity contribution in [3.8, 4) is 11.8 Å². The first-order valence-corrected chi connectivity index (χ1v) is 5.25. The Morgan fingerprint density at radius 1 is 1.55 bits per heavy atom. The number of carbonyl (C=O) groups is 1. The molecular weight excluding hydrogens is 278 g/mol. The molecule has 1 rings (SSSR count). The zero-order chi connectivity index (χ0) is 15.3. The van der Waals surface area contributed by atoms with Crippen molar-refractivity contribution in [2.24, 2.45) is 0 Å². The Labute approximate surface area is 111 Å². The Morgan fingerprint density at radius 2 is 2.20 bits per heavy atom. The van der Waals surface area contributed by atoms with E-state index in [9.17, 15) is 23.7 Å². The molecule has 0 N–H and O–H groups in total. The van der Waals surface area contributed by atoms with Gasteiger partial charge in [-0.1, -0.05) is 0 Å². The second-order valence-electron chi connectivity index (χ2n) is 3.33. The third-order valence-corrected chi connectivity index (χ3v) is 2.12. The molecule has 0 aliphatic carbocycles. The lowest BCUT2D eigenvalue weighted by atomic mass is 10.1. The van der Waals surface area contributed by atoms with E-state index < -0.39 is 40.1 Å². The van der Waals surface area contributed by atoms with Gasteiger partial charge in [-0.3, -0.25) is 10.1 Å². The largest absolute Gasteiger partial charge is 0.462 e. The molecule has 0 bridgehead atoms. The second kappa shape index (κ2) is 6.42. The van der Waals surface area contributed by atoms with Crippen molar-refractivity contribution in [1.82, 2.24) is 0 Å². The van der Waals surface area contributed by atoms with Gasteiger partial charge in [0.05, 0.1) is 23.2 Å². The number of nitriles is 1. The van der Waals surface area contributed by atoms with Crippen molar-refractivity contribution in [3.63, 3.8) is 0 Å². The summed E-state index contributed by atoms with van der Waals surface area (Å²) in [6.45, 7) is -1.85. The second-order valence-corrected chi connectivity index (χ2v) is 3.33. The van der Waals surface area contributed by atoms with Crippen LogP contribution >= 0.6 is 0 Å². The molecule has 106 valence electrons. The molecule has 0 radical (unpaired) electrons. The molecule has 9 heteroatoms. The van der Waals surface area contributed by atoms with E-state index in [2.05, 4.69) is 9.47 Å². The number of hydrogen-bond donors (Lipinski definition) is 0. The fourth-order valence-electron chi connectivity index (χ4n) is 1.38. The van der Waals surface area contributed by atoms with E-state index in [0.717, 1.165) is 6.07 Å². The predicted molar refractivity (Wildman–Crippen MR) is 60.4 cm³/mol. The SMILES string of the molecule is CCOC(=O)c1cc([N+](=O)[O-])cc(OC(F)F)c1C#N. The van der Waals surface area contributed by atoms with Crippen molar-refractivity contribution in [1.29, 1.82) is 5.26 Å². The summed E-state index contributed by atoms with van der Waals surface area (Å²) in [4.78, 5) is 21.4. The summed E-state index contributed by atoms with van der Waals surface area (Å²) in [5, 5.41) is 19.6. The molecule has 0 saturated carbocycles. The smallest absolute Gasteiger partial charge is 0.387 e. The standard InChI is InChI=1S/C11H8F2N2O5/c1-2-19-10(16)7-3-6(15(17)18)4-9(8(7)5-14)20-11(12)13/h3-4,11H,2H2,1H3. The van der Waals surface area contributed by atoms with Crippen LogP contribution in [-0.2, 0) is 4.74 Å². The summed E-state index contributed by atoms with van der Waals surface area (Å²) in [5.41, 5.74) is -1.71. The predicted octanol–water partition coefficient (Wildman–Crippen LogP) is 2.24. The molecular formula is C11H8F2N2O5. The van der Waals surface area contributed by atoms with Gasteiger partial charge in [0, 0.05) is 6.07 Å². The lowest BCUT2D eigenvalue weighted by Gasteiger charge is -2.09. The number of rotatable bonds is 5. The maximum atomic E-state index is 12.2. The van der Waals surface area contributed by atoms with Crippen molar-refractivity contribution in [2.45, 2.75) is 13.5 Å². The van der Waals surface area contributed by atoms with Crippen molar-refractivity contribution in [2.75, 3.05) is 6.61 Å². The molecule has 0 fully saturated rings. The molecule has 0 unspecified atom stereocenters. The zero-order valence-electron chi connectivity index (χ0n) is 10.1. The van der Waals surface area contributed by atoms with Gasteiger partial charge in [-0.05, 0) is 6.92 Å². The summed E-state index contributed by atoms with van der Waals surface area (Å²) in [5.74, 6) is -1.79. The van der Waals surface area contributed by atoms with E-state index >= 15 is 0 Å². The molecule has 0 spiro atoms. The van der Waals surface area contributed by atoms with Crippen molar-refractivity contribution in [3.05, 3.63) is 33.4 Å². The fraction of sp³-hybridized carbons (Fsp3) is 0.273. The molecule has 0 aliphatic rings. The van der Waals surface area contributed by atoms with E-state index in [-0.39, 0.29) is 6.61 Å². The molecule has 0 amide bonds. The van der Waals surface area contributed by atoms with Gasteiger partial charge in [-0.2, -0.15) is 14.0 Å². The number of esters is 1. The molecule has 0 aromatic heterocycles. The number of nitro benzene ring substituents is 1. The number of halogens is 2. The van der Waals surface area contributed by atoms with Crippen LogP contribution < -0.4 is 4.74 Å². The summed E-state index contributed by atoms with van der Waals surface area (Å²) in [6.07, 6.45) is 0. The highest BCUT2D eigenvalue weighted by molar-refractivity contribution is 5.94. The van der Waals surface area contributed by atoms with Gasteiger partial charge in [-0.25, -0.2) is 4.79 Å². The molecule has 1 aromatic carbocycles. The number of non-ortho nitro benzene ring substituents is 1. The Bertz CT molecular complexity index is 583. The lowest BCUT2D eigenvalue weighted by molar-refractivity contribution is -0.385. The normalized spacial score (nSPS) is 9.95. The van der Waals surface area contributed by atoms with E-state index in [1.807, 2.05) is 0 Å². The van der Waals surface area contributed by atoms with Gasteiger partial charge in [0.2, 0.25) is 0 Å². The van der Waals surface area contributed by atoms with Gasteiger partial charge in [0.1, 0.15) is 11.6 Å². The molecule has 0 heterocycles. The number of nitrogens with zero attached hydrogens (tertiary/aromatic N) is 2. The van der Waals surface area contributed by atoms with Gasteiger partial charge >= 0.3 is 12.6 Å². The first-order chi connectivity index (χ1) is 9.40. The fourth-order valence-corrected chi connectivity index (χ4v) is 1.38. The highest BCUT2D eigenvalue weighted by Crippen LogP contribution is 2.30. The minimum absolute atomic E-state index is 0.0442. The monoisotopic (exact) mass is 286 g/mol. The number of benzene rings is 1. The Morgan fingerprint density at radius 3 is 2.65 bits per heavy atom. The third-order valence-electron chi connectivity index (χ3n) is 2.12. The minimum Gasteiger partial charge on any atom is -0.462 e. The first kappa shape index (κ1) is 15.3. The molecule has 0 saturated heterocycles. The summed E-state index contributed by atoms with van der Waals surface area (Å²) >= 11 is 0. The highest BCUT2D eigenvalue weighted by Gasteiger charge is 2.24. The quantitative estimate of drug-likeness (QED) is 0.467. The maximum Gasteiger partial charge on any atom is 0.387 e. The molecule has 7 nitrogen and oxygen atoms in total. The van der Waals surface area contributed by atoms with Crippen molar-refractivity contribution >= 4 is 11.7 Å². The summed E-state index contributed by atoms with van der Waals surface area (Å²) in [6, 6.07) is 2.91. The van der Waals surface area contributed by atoms with Gasteiger partial charge in [0.25, 0.3) is 5.69 Å². The zero-order valence-corrected chi connectivity index (χ0v) is 10.1. The Kier molecular flexibility index (Phi) is 4.91. The van der Waals surface area contributed by atoms with Crippen LogP contribution in [0.4, 0.5) is 14.5 Å². The average Bonchev–Trinajstić information content (AvgIpc) is 2.37. The Balaban J connectivity index is 3.47. The van der Waals surface area contributed by atoms with E-state index in [1.165, 1.54) is 13.0 Å². The first-order valence-electron chi connectivity index (χ1n) is 5.25. The average molecular weight is 286 g/mol. The minimum atomic E-state index is -3.29. The highest BCUT2D eigenvalue weighted by atomic mass is 19.3. The van der Waals surface area contributed by atoms with Crippen LogP contribution in [0.1, 0.15) is 22.8 Å². The van der Waals surface area contributed by atoms with Crippen LogP contribution in [0.5, 0.6) is 5.75 Å². The van der Waals surface area contributed by atoms with Crippen LogP contribution in [0.3, 0.4) is 0 Å². The van der Waals surface area contributed by atoms with Gasteiger partial charge < -0.3 is 9.47 Å². The van der Waals surface area contributed by atoms with E-state index in [0.29, 0.717) is 6.07 Å². The Hall–Kier alpha value is -2.76. The molecule has 1 aromatic rings. The van der Waals surface area contributed by atoms with Crippen LogP contribution in [0.15, 0.2) is 12.1 Å². The van der Waals surface area contributed by atoms with Crippen LogP contribution in [0, 0.1) is 21.4 Å². The van der Waals surface area contributed by atoms with E-state index in [4.69, 9.17) is 5.26 Å². The summed E-state index contributed by atoms with van der Waals surface area (Å²) < 4.78 is 33.1. The van der Waals surface area contributed by atoms with Crippen molar-refractivity contribution < 1.29 is 28.0 Å². The number of hydrogen-bond acceptors (Lipinski definition) is 6. The van der Waals surface area contributed by atoms with Gasteiger partial charge in [0.15, 0.2) is 5.75 Å². The molecule has 0 aliphatic heterocycles. The number of nitro groups is 1. The topological polar surface area (TPSA) is 102 Å².